The molecule has 2 aromatic rings. The van der Waals surface area contributed by atoms with Gasteiger partial charge in [-0.15, -0.1) is 0 Å². The van der Waals surface area contributed by atoms with E-state index in [1.807, 2.05) is 0 Å². The Kier molecular flexibility index (Phi) is 3.42. The first-order chi connectivity index (χ1) is 8.99. The molecule has 2 rings (SSSR count). The lowest BCUT2D eigenvalue weighted by Gasteiger charge is -2.18. The van der Waals surface area contributed by atoms with Crippen molar-refractivity contribution in [1.82, 2.24) is 0 Å². The highest BCUT2D eigenvalue weighted by atomic mass is 16.3. The van der Waals surface area contributed by atoms with Crippen LogP contribution in [0.4, 0.5) is 11.4 Å². The third kappa shape index (κ3) is 2.68. The molecule has 0 aromatic heterocycles. The first-order valence-electron chi connectivity index (χ1n) is 5.92. The number of nitrogens with zero attached hydrogens (tertiary/aromatic N) is 1. The lowest BCUT2D eigenvalue weighted by Crippen LogP contribution is -2.26. The summed E-state index contributed by atoms with van der Waals surface area (Å²) in [5.41, 5.74) is 8.20. The fourth-order valence-corrected chi connectivity index (χ4v) is 1.75. The first kappa shape index (κ1) is 13.0. The number of rotatable bonds is 2. The maximum atomic E-state index is 12.3. The molecule has 0 fully saturated rings. The normalized spacial score (nSPS) is 10.2. The topological polar surface area (TPSA) is 66.6 Å². The van der Waals surface area contributed by atoms with Crippen molar-refractivity contribution in [1.29, 1.82) is 0 Å². The smallest absolute Gasteiger partial charge is 0.258 e. The number of aromatic hydroxyl groups is 1. The van der Waals surface area contributed by atoms with Gasteiger partial charge in [0.1, 0.15) is 5.75 Å². The Morgan fingerprint density at radius 3 is 2.37 bits per heavy atom. The van der Waals surface area contributed by atoms with Gasteiger partial charge in [0.25, 0.3) is 5.91 Å². The molecule has 2 aromatic carbocycles. The molecule has 0 saturated heterocycles. The second kappa shape index (κ2) is 5.02. The Morgan fingerprint density at radius 2 is 1.79 bits per heavy atom. The Balaban J connectivity index is 2.28. The van der Waals surface area contributed by atoms with Crippen molar-refractivity contribution in [3.63, 3.8) is 0 Å². The van der Waals surface area contributed by atoms with Crippen molar-refractivity contribution in [3.8, 4) is 5.75 Å². The molecule has 0 atom stereocenters. The number of benzene rings is 2. The van der Waals surface area contributed by atoms with Gasteiger partial charge < -0.3 is 15.7 Å². The van der Waals surface area contributed by atoms with E-state index in [4.69, 9.17) is 5.73 Å². The van der Waals surface area contributed by atoms with Gasteiger partial charge in [-0.2, -0.15) is 0 Å². The zero-order chi connectivity index (χ0) is 14.0. The van der Waals surface area contributed by atoms with Crippen LogP contribution in [-0.4, -0.2) is 18.1 Å². The van der Waals surface area contributed by atoms with Crippen LogP contribution in [-0.2, 0) is 0 Å². The molecule has 0 saturated carbocycles. The molecule has 19 heavy (non-hydrogen) atoms. The average Bonchev–Trinajstić information content (AvgIpc) is 2.41. The van der Waals surface area contributed by atoms with Crippen LogP contribution < -0.4 is 10.6 Å². The number of phenols is 1. The van der Waals surface area contributed by atoms with Crippen molar-refractivity contribution in [2.24, 2.45) is 0 Å². The number of nitrogens with two attached hydrogens (primary N) is 1. The van der Waals surface area contributed by atoms with Crippen LogP contribution >= 0.6 is 0 Å². The number of amides is 1. The molecular weight excluding hydrogens is 240 g/mol. The number of nitrogen functional groups attached to an aromatic ring is 1. The molecule has 3 N–H and O–H groups in total. The molecule has 1 amide bonds. The van der Waals surface area contributed by atoms with E-state index in [0.29, 0.717) is 11.3 Å². The molecule has 0 spiro atoms. The van der Waals surface area contributed by atoms with Crippen molar-refractivity contribution >= 4 is 17.3 Å². The maximum Gasteiger partial charge on any atom is 0.258 e. The van der Waals surface area contributed by atoms with Crippen LogP contribution in [0.1, 0.15) is 15.9 Å². The Hall–Kier alpha value is -2.49. The zero-order valence-electron chi connectivity index (χ0n) is 10.9. The Bertz CT molecular complexity index is 606. The van der Waals surface area contributed by atoms with Gasteiger partial charge in [-0.3, -0.25) is 4.79 Å². The van der Waals surface area contributed by atoms with Gasteiger partial charge >= 0.3 is 0 Å². The number of phenolic OH excluding ortho intramolecular Hbond substituents is 1. The minimum Gasteiger partial charge on any atom is -0.508 e. The van der Waals surface area contributed by atoms with Crippen LogP contribution in [0.15, 0.2) is 42.5 Å². The summed E-state index contributed by atoms with van der Waals surface area (Å²) < 4.78 is 0. The second-order valence-corrected chi connectivity index (χ2v) is 4.46. The molecule has 0 aliphatic carbocycles. The molecule has 4 heteroatoms. The van der Waals surface area contributed by atoms with Crippen LogP contribution in [0.2, 0.25) is 0 Å². The number of anilines is 2. The largest absolute Gasteiger partial charge is 0.508 e. The van der Waals surface area contributed by atoms with E-state index >= 15 is 0 Å². The Labute approximate surface area is 112 Å². The van der Waals surface area contributed by atoms with Crippen LogP contribution in [0.25, 0.3) is 0 Å². The summed E-state index contributed by atoms with van der Waals surface area (Å²) >= 11 is 0. The fourth-order valence-electron chi connectivity index (χ4n) is 1.75. The van der Waals surface area contributed by atoms with E-state index in [9.17, 15) is 9.90 Å². The lowest BCUT2D eigenvalue weighted by atomic mass is 10.1. The molecule has 0 radical (unpaired) electrons. The van der Waals surface area contributed by atoms with Gasteiger partial charge in [0.05, 0.1) is 0 Å². The van der Waals surface area contributed by atoms with Crippen molar-refractivity contribution < 1.29 is 9.90 Å². The van der Waals surface area contributed by atoms with E-state index in [0.717, 1.165) is 11.3 Å². The van der Waals surface area contributed by atoms with Gasteiger partial charge in [0.2, 0.25) is 0 Å². The van der Waals surface area contributed by atoms with Gasteiger partial charge in [0.15, 0.2) is 0 Å². The maximum absolute atomic E-state index is 12.3. The Morgan fingerprint density at radius 1 is 1.16 bits per heavy atom. The first-order valence-corrected chi connectivity index (χ1v) is 5.92. The van der Waals surface area contributed by atoms with Gasteiger partial charge in [-0.25, -0.2) is 0 Å². The molecule has 0 aliphatic heterocycles. The quantitative estimate of drug-likeness (QED) is 0.811. The summed E-state index contributed by atoms with van der Waals surface area (Å²) in [4.78, 5) is 13.8. The molecule has 98 valence electrons. The SMILES string of the molecule is Cc1ccc(C(=O)N(C)c2ccc(N)cc2)cc1O. The van der Waals surface area contributed by atoms with Crippen LogP contribution in [0.3, 0.4) is 0 Å². The van der Waals surface area contributed by atoms with E-state index in [1.165, 1.54) is 11.0 Å². The van der Waals surface area contributed by atoms with Crippen LogP contribution in [0.5, 0.6) is 5.75 Å². The fraction of sp³-hybridized carbons (Fsp3) is 0.133. The highest BCUT2D eigenvalue weighted by Gasteiger charge is 2.14. The summed E-state index contributed by atoms with van der Waals surface area (Å²) in [5.74, 6) is -0.0587. The number of hydrogen-bond donors (Lipinski definition) is 2. The number of carbonyl (C=O) groups is 1. The minimum absolute atomic E-state index is 0.122. The molecule has 4 nitrogen and oxygen atoms in total. The van der Waals surface area contributed by atoms with E-state index in [1.54, 1.807) is 50.4 Å². The standard InChI is InChI=1S/C15H16N2O2/c1-10-3-4-11(9-14(10)18)15(19)17(2)13-7-5-12(16)6-8-13/h3-9,18H,16H2,1-2H3. The molecule has 0 bridgehead atoms. The second-order valence-electron chi connectivity index (χ2n) is 4.46. The average molecular weight is 256 g/mol. The number of aryl methyl sites for hydroxylation is 1. The zero-order valence-corrected chi connectivity index (χ0v) is 10.9. The lowest BCUT2D eigenvalue weighted by molar-refractivity contribution is 0.0992. The summed E-state index contributed by atoms with van der Waals surface area (Å²) in [7, 11) is 1.69. The predicted octanol–water partition coefficient (Wildman–Crippen LogP) is 2.56. The summed E-state index contributed by atoms with van der Waals surface area (Å²) in [6.45, 7) is 1.78. The van der Waals surface area contributed by atoms with Gasteiger partial charge in [-0.05, 0) is 48.9 Å². The van der Waals surface area contributed by atoms with E-state index in [2.05, 4.69) is 0 Å². The summed E-state index contributed by atoms with van der Waals surface area (Å²) in [5, 5.41) is 9.65. The molecular formula is C15H16N2O2. The molecule has 0 heterocycles. The summed E-state index contributed by atoms with van der Waals surface area (Å²) in [6.07, 6.45) is 0. The third-order valence-electron chi connectivity index (χ3n) is 3.04. The molecule has 0 unspecified atom stereocenters. The van der Waals surface area contributed by atoms with Gasteiger partial charge in [0, 0.05) is 24.0 Å². The predicted molar refractivity (Wildman–Crippen MR) is 76.4 cm³/mol. The van der Waals surface area contributed by atoms with Crippen molar-refractivity contribution in [3.05, 3.63) is 53.6 Å². The number of hydrogen-bond acceptors (Lipinski definition) is 3. The molecule has 0 aliphatic rings. The third-order valence-corrected chi connectivity index (χ3v) is 3.04. The van der Waals surface area contributed by atoms with Crippen molar-refractivity contribution in [2.75, 3.05) is 17.7 Å². The highest BCUT2D eigenvalue weighted by Crippen LogP contribution is 2.21. The number of carbonyl (C=O) groups excluding carboxylic acids is 1. The van der Waals surface area contributed by atoms with E-state index < -0.39 is 0 Å². The van der Waals surface area contributed by atoms with Gasteiger partial charge in [-0.1, -0.05) is 6.07 Å². The van der Waals surface area contributed by atoms with Crippen molar-refractivity contribution in [2.45, 2.75) is 6.92 Å². The summed E-state index contributed by atoms with van der Waals surface area (Å²) in [6, 6.07) is 11.9. The van der Waals surface area contributed by atoms with E-state index in [-0.39, 0.29) is 11.7 Å². The highest BCUT2D eigenvalue weighted by molar-refractivity contribution is 6.06. The minimum atomic E-state index is -0.180. The van der Waals surface area contributed by atoms with Crippen LogP contribution in [0, 0.1) is 6.92 Å². The monoisotopic (exact) mass is 256 g/mol.